The van der Waals surface area contributed by atoms with E-state index in [1.165, 1.54) is 12.8 Å². The van der Waals surface area contributed by atoms with Gasteiger partial charge in [0.1, 0.15) is 5.82 Å². The third-order valence-corrected chi connectivity index (χ3v) is 5.87. The van der Waals surface area contributed by atoms with E-state index in [9.17, 15) is 9.59 Å². The zero-order valence-electron chi connectivity index (χ0n) is 16.3. The normalized spacial score (nSPS) is 18.9. The number of pyridine rings is 1. The predicted octanol–water partition coefficient (Wildman–Crippen LogP) is 3.45. The highest BCUT2D eigenvalue weighted by atomic mass is 16.2. The molecule has 0 unspecified atom stereocenters. The topological polar surface area (TPSA) is 66.7 Å². The molecule has 2 aliphatic rings. The maximum absolute atomic E-state index is 13.1. The third-order valence-electron chi connectivity index (χ3n) is 5.87. The number of carbonyl (C=O) groups excluding carboxylic acids is 2. The minimum absolute atomic E-state index is 0.0144. The molecule has 29 heavy (non-hydrogen) atoms. The van der Waals surface area contributed by atoms with Crippen LogP contribution in [0.15, 0.2) is 54.7 Å². The van der Waals surface area contributed by atoms with Crippen molar-refractivity contribution >= 4 is 17.3 Å². The summed E-state index contributed by atoms with van der Waals surface area (Å²) in [6, 6.07) is 15.0. The van der Waals surface area contributed by atoms with Crippen molar-refractivity contribution in [3.8, 4) is 0 Å². The van der Waals surface area contributed by atoms with Gasteiger partial charge in [0.25, 0.3) is 11.8 Å². The van der Waals surface area contributed by atoms with Crippen LogP contribution in [0.25, 0.3) is 5.52 Å². The lowest BCUT2D eigenvalue weighted by Crippen LogP contribution is -2.31. The molecule has 6 nitrogen and oxygen atoms in total. The Labute approximate surface area is 169 Å². The molecule has 1 aliphatic heterocycles. The van der Waals surface area contributed by atoms with Gasteiger partial charge in [-0.25, -0.2) is 4.98 Å². The molecule has 0 spiro atoms. The van der Waals surface area contributed by atoms with Crippen molar-refractivity contribution in [2.45, 2.75) is 31.7 Å². The summed E-state index contributed by atoms with van der Waals surface area (Å²) in [5.74, 6) is 1.26. The second kappa shape index (κ2) is 7.35. The fraction of sp³-hybridized carbons (Fsp3) is 0.348. The zero-order chi connectivity index (χ0) is 19.8. The first kappa shape index (κ1) is 17.9. The van der Waals surface area contributed by atoms with Crippen LogP contribution >= 0.6 is 0 Å². The minimum Gasteiger partial charge on any atom is -0.350 e. The molecule has 2 aromatic heterocycles. The molecule has 5 rings (SSSR count). The predicted molar refractivity (Wildman–Crippen MR) is 110 cm³/mol. The Morgan fingerprint density at radius 3 is 2.62 bits per heavy atom. The second-order valence-corrected chi connectivity index (χ2v) is 7.95. The van der Waals surface area contributed by atoms with Gasteiger partial charge in [0, 0.05) is 24.8 Å². The molecule has 1 saturated carbocycles. The van der Waals surface area contributed by atoms with Crippen LogP contribution in [0.5, 0.6) is 0 Å². The molecular formula is C23H24N4O2. The average Bonchev–Trinajstić information content (AvgIpc) is 3.33. The number of hydrogen-bond acceptors (Lipinski definition) is 3. The van der Waals surface area contributed by atoms with Crippen LogP contribution < -0.4 is 5.32 Å². The van der Waals surface area contributed by atoms with E-state index in [-0.39, 0.29) is 17.9 Å². The first-order valence-corrected chi connectivity index (χ1v) is 10.3. The number of amides is 2. The van der Waals surface area contributed by atoms with Crippen LogP contribution in [-0.2, 0) is 0 Å². The number of fused-ring (bicyclic) bond motifs is 1. The quantitative estimate of drug-likeness (QED) is 0.728. The van der Waals surface area contributed by atoms with Crippen molar-refractivity contribution in [3.63, 3.8) is 0 Å². The average molecular weight is 388 g/mol. The van der Waals surface area contributed by atoms with Gasteiger partial charge in [-0.05, 0) is 55.9 Å². The number of hydrogen-bond donors (Lipinski definition) is 1. The number of imidazole rings is 1. The molecule has 1 saturated heterocycles. The molecule has 2 amide bonds. The van der Waals surface area contributed by atoms with E-state index >= 15 is 0 Å². The Bertz CT molecular complexity index is 1060. The SMILES string of the molecule is O=C(NCC1CC1)c1nc([C@H]2CCCN2C(=O)c2ccccc2)n2ccccc12. The lowest BCUT2D eigenvalue weighted by Gasteiger charge is -2.24. The van der Waals surface area contributed by atoms with E-state index in [0.29, 0.717) is 30.3 Å². The van der Waals surface area contributed by atoms with Gasteiger partial charge in [-0.1, -0.05) is 24.3 Å². The number of nitrogens with one attached hydrogen (secondary N) is 1. The van der Waals surface area contributed by atoms with Crippen LogP contribution in [0.4, 0.5) is 0 Å². The van der Waals surface area contributed by atoms with Crippen LogP contribution in [-0.4, -0.2) is 39.2 Å². The van der Waals surface area contributed by atoms with E-state index in [4.69, 9.17) is 4.98 Å². The monoisotopic (exact) mass is 388 g/mol. The van der Waals surface area contributed by atoms with Gasteiger partial charge in [-0.2, -0.15) is 0 Å². The summed E-state index contributed by atoms with van der Waals surface area (Å²) < 4.78 is 1.97. The van der Waals surface area contributed by atoms with Gasteiger partial charge < -0.3 is 14.6 Å². The van der Waals surface area contributed by atoms with E-state index in [1.807, 2.05) is 64.0 Å². The smallest absolute Gasteiger partial charge is 0.272 e. The molecule has 3 heterocycles. The van der Waals surface area contributed by atoms with Gasteiger partial charge in [0.15, 0.2) is 5.69 Å². The number of nitrogens with zero attached hydrogens (tertiary/aromatic N) is 3. The molecular weight excluding hydrogens is 364 g/mol. The minimum atomic E-state index is -0.136. The van der Waals surface area contributed by atoms with E-state index in [2.05, 4.69) is 5.32 Å². The highest BCUT2D eigenvalue weighted by molar-refractivity contribution is 5.99. The first-order chi connectivity index (χ1) is 14.2. The molecule has 148 valence electrons. The Kier molecular flexibility index (Phi) is 4.54. The molecule has 1 atom stereocenters. The zero-order valence-corrected chi connectivity index (χ0v) is 16.3. The highest BCUT2D eigenvalue weighted by Crippen LogP contribution is 2.34. The maximum Gasteiger partial charge on any atom is 0.272 e. The largest absolute Gasteiger partial charge is 0.350 e. The number of benzene rings is 1. The van der Waals surface area contributed by atoms with Gasteiger partial charge in [0.05, 0.1) is 11.6 Å². The number of rotatable bonds is 5. The van der Waals surface area contributed by atoms with Crippen LogP contribution in [0.1, 0.15) is 58.4 Å². The van der Waals surface area contributed by atoms with Gasteiger partial charge in [0.2, 0.25) is 0 Å². The number of carbonyl (C=O) groups is 2. The lowest BCUT2D eigenvalue weighted by molar-refractivity contribution is 0.0729. The molecule has 2 fully saturated rings. The summed E-state index contributed by atoms with van der Waals surface area (Å²) in [5.41, 5.74) is 1.91. The molecule has 0 bridgehead atoms. The Morgan fingerprint density at radius 2 is 1.83 bits per heavy atom. The van der Waals surface area contributed by atoms with Gasteiger partial charge >= 0.3 is 0 Å². The molecule has 6 heteroatoms. The fourth-order valence-electron chi connectivity index (χ4n) is 4.13. The van der Waals surface area contributed by atoms with Crippen molar-refractivity contribution < 1.29 is 9.59 Å². The molecule has 1 aliphatic carbocycles. The van der Waals surface area contributed by atoms with Crippen molar-refractivity contribution in [1.82, 2.24) is 19.6 Å². The standard InChI is InChI=1S/C23H24N4O2/c28-22(24-15-16-11-12-16)20-18-9-4-5-13-26(18)21(25-20)19-10-6-14-27(19)23(29)17-7-2-1-3-8-17/h1-5,7-9,13,16,19H,6,10-12,14-15H2,(H,24,28)/t19-/m1/s1. The van der Waals surface area contributed by atoms with Crippen LogP contribution in [0.3, 0.4) is 0 Å². The number of aromatic nitrogens is 2. The summed E-state index contributed by atoms with van der Waals surface area (Å²) in [6.45, 7) is 1.41. The van der Waals surface area contributed by atoms with Crippen molar-refractivity contribution in [3.05, 3.63) is 71.8 Å². The Balaban J connectivity index is 1.49. The third kappa shape index (κ3) is 3.39. The fourth-order valence-corrected chi connectivity index (χ4v) is 4.13. The second-order valence-electron chi connectivity index (χ2n) is 7.95. The van der Waals surface area contributed by atoms with Crippen LogP contribution in [0, 0.1) is 5.92 Å². The van der Waals surface area contributed by atoms with Gasteiger partial charge in [-0.3, -0.25) is 9.59 Å². The molecule has 1 aromatic carbocycles. The molecule has 3 aromatic rings. The molecule has 1 N–H and O–H groups in total. The summed E-state index contributed by atoms with van der Waals surface area (Å²) in [5, 5.41) is 3.02. The summed E-state index contributed by atoms with van der Waals surface area (Å²) in [7, 11) is 0. The van der Waals surface area contributed by atoms with E-state index in [1.54, 1.807) is 0 Å². The summed E-state index contributed by atoms with van der Waals surface area (Å²) in [4.78, 5) is 32.5. The molecule has 0 radical (unpaired) electrons. The van der Waals surface area contributed by atoms with Crippen molar-refractivity contribution in [2.24, 2.45) is 5.92 Å². The van der Waals surface area contributed by atoms with Gasteiger partial charge in [-0.15, -0.1) is 0 Å². The Morgan fingerprint density at radius 1 is 1.03 bits per heavy atom. The maximum atomic E-state index is 13.1. The first-order valence-electron chi connectivity index (χ1n) is 10.3. The number of likely N-dealkylation sites (tertiary alicyclic amines) is 1. The van der Waals surface area contributed by atoms with E-state index < -0.39 is 0 Å². The van der Waals surface area contributed by atoms with E-state index in [0.717, 1.165) is 24.2 Å². The van der Waals surface area contributed by atoms with Crippen molar-refractivity contribution in [2.75, 3.05) is 13.1 Å². The Hall–Kier alpha value is -3.15. The van der Waals surface area contributed by atoms with Crippen molar-refractivity contribution in [1.29, 1.82) is 0 Å². The summed E-state index contributed by atoms with van der Waals surface area (Å²) in [6.07, 6.45) is 6.07. The van der Waals surface area contributed by atoms with Crippen LogP contribution in [0.2, 0.25) is 0 Å². The highest BCUT2D eigenvalue weighted by Gasteiger charge is 2.34. The lowest BCUT2D eigenvalue weighted by atomic mass is 10.1. The summed E-state index contributed by atoms with van der Waals surface area (Å²) >= 11 is 0.